The summed E-state index contributed by atoms with van der Waals surface area (Å²) in [6.45, 7) is 7.51. The third kappa shape index (κ3) is 2.46. The van der Waals surface area contributed by atoms with Crippen LogP contribution in [-0.2, 0) is 4.74 Å². The number of benzene rings is 1. The number of carbonyl (C=O) groups excluding carboxylic acids is 1. The largest absolute Gasteiger partial charge is 0.442 e. The van der Waals surface area contributed by atoms with Crippen LogP contribution in [0.2, 0.25) is 0 Å². The summed E-state index contributed by atoms with van der Waals surface area (Å²) in [7, 11) is 0. The maximum absolute atomic E-state index is 11.9. The zero-order valence-corrected chi connectivity index (χ0v) is 10.5. The van der Waals surface area contributed by atoms with E-state index >= 15 is 0 Å². The molecule has 4 heteroatoms. The Kier molecular flexibility index (Phi) is 2.65. The number of hydrogen-bond donors (Lipinski definition) is 0. The van der Waals surface area contributed by atoms with Crippen LogP contribution in [0, 0.1) is 6.92 Å². The van der Waals surface area contributed by atoms with Crippen LogP contribution >= 0.6 is 0 Å². The number of aromatic nitrogens is 2. The van der Waals surface area contributed by atoms with Crippen LogP contribution in [0.5, 0.6) is 0 Å². The van der Waals surface area contributed by atoms with Gasteiger partial charge >= 0.3 is 6.09 Å². The summed E-state index contributed by atoms with van der Waals surface area (Å²) in [5.74, 6) is 0. The predicted molar refractivity (Wildman–Crippen MR) is 66.1 cm³/mol. The molecule has 17 heavy (non-hydrogen) atoms. The Hall–Kier alpha value is -1.84. The van der Waals surface area contributed by atoms with E-state index in [2.05, 4.69) is 5.10 Å². The third-order valence-corrected chi connectivity index (χ3v) is 2.29. The van der Waals surface area contributed by atoms with E-state index in [0.717, 1.165) is 16.5 Å². The second kappa shape index (κ2) is 3.87. The van der Waals surface area contributed by atoms with Crippen molar-refractivity contribution in [1.29, 1.82) is 0 Å². The van der Waals surface area contributed by atoms with Crippen LogP contribution in [0.25, 0.3) is 10.9 Å². The van der Waals surface area contributed by atoms with E-state index in [0.29, 0.717) is 0 Å². The topological polar surface area (TPSA) is 44.1 Å². The van der Waals surface area contributed by atoms with Gasteiger partial charge < -0.3 is 4.74 Å². The fourth-order valence-corrected chi connectivity index (χ4v) is 1.60. The number of ether oxygens (including phenoxy) is 1. The second-order valence-electron chi connectivity index (χ2n) is 5.10. The first-order chi connectivity index (χ1) is 7.87. The van der Waals surface area contributed by atoms with Crippen molar-refractivity contribution < 1.29 is 9.53 Å². The Bertz CT molecular complexity index is 564. The highest BCUT2D eigenvalue weighted by molar-refractivity contribution is 5.88. The summed E-state index contributed by atoms with van der Waals surface area (Å²) in [4.78, 5) is 11.9. The minimum atomic E-state index is -0.514. The molecule has 0 unspecified atom stereocenters. The first kappa shape index (κ1) is 11.6. The quantitative estimate of drug-likeness (QED) is 0.701. The lowest BCUT2D eigenvalue weighted by molar-refractivity contribution is 0.0523. The van der Waals surface area contributed by atoms with Gasteiger partial charge in [-0.15, -0.1) is 0 Å². The van der Waals surface area contributed by atoms with Crippen LogP contribution < -0.4 is 0 Å². The van der Waals surface area contributed by atoms with Crippen molar-refractivity contribution in [2.45, 2.75) is 33.3 Å². The van der Waals surface area contributed by atoms with Crippen LogP contribution in [0.3, 0.4) is 0 Å². The van der Waals surface area contributed by atoms with Crippen LogP contribution in [-0.4, -0.2) is 21.5 Å². The SMILES string of the molecule is Cc1ccc2c(cnn2C(=O)OC(C)(C)C)c1. The zero-order chi connectivity index (χ0) is 12.6. The lowest BCUT2D eigenvalue weighted by atomic mass is 10.2. The number of carbonyl (C=O) groups is 1. The average molecular weight is 232 g/mol. The first-order valence-corrected chi connectivity index (χ1v) is 5.54. The van der Waals surface area contributed by atoms with E-state index in [1.807, 2.05) is 45.9 Å². The number of nitrogens with zero attached hydrogens (tertiary/aromatic N) is 2. The van der Waals surface area contributed by atoms with Gasteiger partial charge in [-0.25, -0.2) is 4.79 Å². The molecule has 0 saturated carbocycles. The molecule has 1 heterocycles. The Morgan fingerprint density at radius 3 is 2.71 bits per heavy atom. The lowest BCUT2D eigenvalue weighted by Crippen LogP contribution is -2.27. The molecule has 0 aliphatic heterocycles. The van der Waals surface area contributed by atoms with Crippen molar-refractivity contribution in [2.75, 3.05) is 0 Å². The summed E-state index contributed by atoms with van der Waals surface area (Å²) in [6, 6.07) is 5.82. The van der Waals surface area contributed by atoms with Crippen LogP contribution in [0.15, 0.2) is 24.4 Å². The number of aryl methyl sites for hydroxylation is 1. The van der Waals surface area contributed by atoms with E-state index in [4.69, 9.17) is 4.74 Å². The molecule has 1 aromatic heterocycles. The van der Waals surface area contributed by atoms with Crippen molar-refractivity contribution >= 4 is 17.0 Å². The fourth-order valence-electron chi connectivity index (χ4n) is 1.60. The average Bonchev–Trinajstić information content (AvgIpc) is 2.57. The first-order valence-electron chi connectivity index (χ1n) is 5.54. The number of hydrogen-bond acceptors (Lipinski definition) is 3. The smallest absolute Gasteiger partial charge is 0.435 e. The van der Waals surface area contributed by atoms with Gasteiger partial charge in [-0.2, -0.15) is 9.78 Å². The van der Waals surface area contributed by atoms with Crippen molar-refractivity contribution in [3.05, 3.63) is 30.0 Å². The molecule has 0 aliphatic carbocycles. The summed E-state index contributed by atoms with van der Waals surface area (Å²) in [5, 5.41) is 5.00. The maximum atomic E-state index is 11.9. The maximum Gasteiger partial charge on any atom is 0.435 e. The van der Waals surface area contributed by atoms with Gasteiger partial charge in [-0.1, -0.05) is 11.6 Å². The molecule has 2 rings (SSSR count). The summed E-state index contributed by atoms with van der Waals surface area (Å²) >= 11 is 0. The summed E-state index contributed by atoms with van der Waals surface area (Å²) < 4.78 is 6.57. The molecule has 2 aromatic rings. The molecule has 1 aromatic carbocycles. The van der Waals surface area contributed by atoms with Gasteiger partial charge in [-0.05, 0) is 39.8 Å². The van der Waals surface area contributed by atoms with Gasteiger partial charge in [0, 0.05) is 5.39 Å². The Morgan fingerprint density at radius 1 is 1.35 bits per heavy atom. The lowest BCUT2D eigenvalue weighted by Gasteiger charge is -2.19. The van der Waals surface area contributed by atoms with Crippen molar-refractivity contribution in [1.82, 2.24) is 9.78 Å². The minimum absolute atomic E-state index is 0.448. The van der Waals surface area contributed by atoms with Gasteiger partial charge in [0.2, 0.25) is 0 Å². The molecule has 0 bridgehead atoms. The number of fused-ring (bicyclic) bond motifs is 1. The van der Waals surface area contributed by atoms with Crippen molar-refractivity contribution in [3.8, 4) is 0 Å². The highest BCUT2D eigenvalue weighted by atomic mass is 16.6. The summed E-state index contributed by atoms with van der Waals surface area (Å²) in [6.07, 6.45) is 1.23. The van der Waals surface area contributed by atoms with Gasteiger partial charge in [0.05, 0.1) is 11.7 Å². The monoisotopic (exact) mass is 232 g/mol. The van der Waals surface area contributed by atoms with Crippen LogP contribution in [0.4, 0.5) is 4.79 Å². The van der Waals surface area contributed by atoms with Gasteiger partial charge in [-0.3, -0.25) is 0 Å². The normalized spacial score (nSPS) is 11.8. The van der Waals surface area contributed by atoms with E-state index in [-0.39, 0.29) is 0 Å². The highest BCUT2D eigenvalue weighted by Crippen LogP contribution is 2.17. The molecular weight excluding hydrogens is 216 g/mol. The number of rotatable bonds is 0. The van der Waals surface area contributed by atoms with E-state index in [1.54, 1.807) is 6.20 Å². The standard InChI is InChI=1S/C13H16N2O2/c1-9-5-6-11-10(7-9)8-14-15(11)12(16)17-13(2,3)4/h5-8H,1-4H3. The molecular formula is C13H16N2O2. The molecule has 0 fully saturated rings. The minimum Gasteiger partial charge on any atom is -0.442 e. The third-order valence-electron chi connectivity index (χ3n) is 2.29. The Labute approximate surface area is 100 Å². The molecule has 0 radical (unpaired) electrons. The molecule has 0 amide bonds. The Balaban J connectivity index is 2.40. The van der Waals surface area contributed by atoms with Crippen LogP contribution in [0.1, 0.15) is 26.3 Å². The van der Waals surface area contributed by atoms with E-state index < -0.39 is 11.7 Å². The van der Waals surface area contributed by atoms with E-state index in [9.17, 15) is 4.79 Å². The second-order valence-corrected chi connectivity index (χ2v) is 5.10. The van der Waals surface area contributed by atoms with Gasteiger partial charge in [0.15, 0.2) is 0 Å². The molecule has 0 saturated heterocycles. The van der Waals surface area contributed by atoms with Crippen molar-refractivity contribution in [3.63, 3.8) is 0 Å². The van der Waals surface area contributed by atoms with E-state index in [1.165, 1.54) is 4.68 Å². The predicted octanol–water partition coefficient (Wildman–Crippen LogP) is 3.13. The van der Waals surface area contributed by atoms with Crippen molar-refractivity contribution in [2.24, 2.45) is 0 Å². The Morgan fingerprint density at radius 2 is 2.06 bits per heavy atom. The molecule has 0 spiro atoms. The summed E-state index contributed by atoms with van der Waals surface area (Å²) in [5.41, 5.74) is 1.39. The van der Waals surface area contributed by atoms with Gasteiger partial charge in [0.1, 0.15) is 5.60 Å². The fraction of sp³-hybridized carbons (Fsp3) is 0.385. The zero-order valence-electron chi connectivity index (χ0n) is 10.5. The molecule has 90 valence electrons. The molecule has 0 atom stereocenters. The highest BCUT2D eigenvalue weighted by Gasteiger charge is 2.19. The van der Waals surface area contributed by atoms with Gasteiger partial charge in [0.25, 0.3) is 0 Å². The molecule has 4 nitrogen and oxygen atoms in total. The molecule has 0 N–H and O–H groups in total. The molecule has 0 aliphatic rings.